The number of amides is 1. The maximum Gasteiger partial charge on any atom is 0.416 e. The van der Waals surface area contributed by atoms with Crippen molar-refractivity contribution in [2.45, 2.75) is 38.5 Å². The SMILES string of the molecule is COc1cnc2cccc(CCCCNCC3CN(c4ccc(C)c(C(F)(F)F)c4)C(=O)O3)c2c1. The minimum absolute atomic E-state index is 0.117. The second kappa shape index (κ2) is 10.5. The summed E-state index contributed by atoms with van der Waals surface area (Å²) in [5.74, 6) is 0.729. The van der Waals surface area contributed by atoms with Crippen LogP contribution in [0.2, 0.25) is 0 Å². The third-order valence-electron chi connectivity index (χ3n) is 6.16. The van der Waals surface area contributed by atoms with Gasteiger partial charge in [0.1, 0.15) is 11.9 Å². The van der Waals surface area contributed by atoms with Crippen LogP contribution in [-0.2, 0) is 17.3 Å². The number of alkyl halides is 3. The number of nitrogens with one attached hydrogen (secondary N) is 1. The van der Waals surface area contributed by atoms with Gasteiger partial charge in [-0.15, -0.1) is 0 Å². The van der Waals surface area contributed by atoms with Crippen LogP contribution >= 0.6 is 0 Å². The highest BCUT2D eigenvalue weighted by molar-refractivity contribution is 5.90. The number of rotatable bonds is 9. The average Bonchev–Trinajstić information content (AvgIpc) is 3.20. The van der Waals surface area contributed by atoms with Crippen molar-refractivity contribution < 1.29 is 27.4 Å². The largest absolute Gasteiger partial charge is 0.495 e. The maximum absolute atomic E-state index is 13.2. The zero-order valence-corrected chi connectivity index (χ0v) is 19.7. The molecule has 1 fully saturated rings. The zero-order chi connectivity index (χ0) is 25.0. The summed E-state index contributed by atoms with van der Waals surface area (Å²) in [5.41, 5.74) is 1.71. The number of hydrogen-bond acceptors (Lipinski definition) is 5. The van der Waals surface area contributed by atoms with Crippen LogP contribution in [0.1, 0.15) is 29.5 Å². The van der Waals surface area contributed by atoms with E-state index < -0.39 is 23.9 Å². The van der Waals surface area contributed by atoms with Crippen LogP contribution in [-0.4, -0.2) is 43.9 Å². The molecule has 35 heavy (non-hydrogen) atoms. The van der Waals surface area contributed by atoms with Crippen molar-refractivity contribution in [3.63, 3.8) is 0 Å². The summed E-state index contributed by atoms with van der Waals surface area (Å²) in [6.07, 6.45) is -1.03. The molecule has 1 aliphatic heterocycles. The Hall–Kier alpha value is -3.33. The molecule has 3 aromatic rings. The lowest BCUT2D eigenvalue weighted by Crippen LogP contribution is -2.31. The number of ether oxygens (including phenoxy) is 2. The van der Waals surface area contributed by atoms with Crippen molar-refractivity contribution in [3.05, 3.63) is 65.4 Å². The van der Waals surface area contributed by atoms with Crippen LogP contribution < -0.4 is 15.0 Å². The Bertz CT molecular complexity index is 1200. The molecule has 1 aliphatic rings. The third kappa shape index (κ3) is 5.85. The van der Waals surface area contributed by atoms with E-state index in [1.807, 2.05) is 18.2 Å². The molecule has 2 heterocycles. The fourth-order valence-corrected chi connectivity index (χ4v) is 4.27. The lowest BCUT2D eigenvalue weighted by atomic mass is 10.0. The summed E-state index contributed by atoms with van der Waals surface area (Å²) in [5, 5.41) is 4.38. The second-order valence-electron chi connectivity index (χ2n) is 8.63. The van der Waals surface area contributed by atoms with Gasteiger partial charge in [-0.25, -0.2) is 4.79 Å². The van der Waals surface area contributed by atoms with E-state index in [1.54, 1.807) is 13.3 Å². The molecule has 0 spiro atoms. The predicted octanol–water partition coefficient (Wildman–Crippen LogP) is 5.51. The molecule has 1 N–H and O–H groups in total. The molecule has 1 aromatic heterocycles. The normalized spacial score (nSPS) is 16.1. The van der Waals surface area contributed by atoms with Crippen LogP contribution in [0.4, 0.5) is 23.7 Å². The monoisotopic (exact) mass is 487 g/mol. The molecule has 9 heteroatoms. The van der Waals surface area contributed by atoms with Gasteiger partial charge in [0.25, 0.3) is 0 Å². The molecule has 0 saturated carbocycles. The molecule has 1 atom stereocenters. The van der Waals surface area contributed by atoms with Crippen molar-refractivity contribution >= 4 is 22.7 Å². The molecule has 1 unspecified atom stereocenters. The first kappa shape index (κ1) is 24.8. The first-order valence-electron chi connectivity index (χ1n) is 11.5. The number of aryl methyl sites for hydroxylation is 2. The van der Waals surface area contributed by atoms with Gasteiger partial charge in [-0.1, -0.05) is 18.2 Å². The van der Waals surface area contributed by atoms with Crippen molar-refractivity contribution in [3.8, 4) is 5.75 Å². The molecular weight excluding hydrogens is 459 g/mol. The molecule has 0 radical (unpaired) electrons. The van der Waals surface area contributed by atoms with Crippen LogP contribution in [0, 0.1) is 6.92 Å². The second-order valence-corrected chi connectivity index (χ2v) is 8.63. The number of carbonyl (C=O) groups excluding carboxylic acids is 1. The predicted molar refractivity (Wildman–Crippen MR) is 128 cm³/mol. The highest BCUT2D eigenvalue weighted by atomic mass is 19.4. The molecule has 0 bridgehead atoms. The third-order valence-corrected chi connectivity index (χ3v) is 6.16. The topological polar surface area (TPSA) is 63.7 Å². The highest BCUT2D eigenvalue weighted by Gasteiger charge is 2.36. The minimum atomic E-state index is -4.47. The number of unbranched alkanes of at least 4 members (excludes halogenated alkanes) is 1. The van der Waals surface area contributed by atoms with E-state index in [-0.39, 0.29) is 17.8 Å². The molecule has 2 aromatic carbocycles. The summed E-state index contributed by atoms with van der Waals surface area (Å²) in [4.78, 5) is 17.9. The lowest BCUT2D eigenvalue weighted by Gasteiger charge is -2.17. The Kier molecular flexibility index (Phi) is 7.45. The van der Waals surface area contributed by atoms with Crippen LogP contribution in [0.3, 0.4) is 0 Å². The Morgan fingerprint density at radius 1 is 1.20 bits per heavy atom. The number of nitrogens with zero attached hydrogens (tertiary/aromatic N) is 2. The van der Waals surface area contributed by atoms with Gasteiger partial charge in [0.05, 0.1) is 30.9 Å². The van der Waals surface area contributed by atoms with Crippen LogP contribution in [0.15, 0.2) is 48.7 Å². The maximum atomic E-state index is 13.2. The van der Waals surface area contributed by atoms with Gasteiger partial charge >= 0.3 is 12.3 Å². The van der Waals surface area contributed by atoms with E-state index >= 15 is 0 Å². The van der Waals surface area contributed by atoms with Gasteiger partial charge in [0.2, 0.25) is 0 Å². The molecule has 0 aliphatic carbocycles. The molecule has 1 saturated heterocycles. The fraction of sp³-hybridized carbons (Fsp3) is 0.385. The Morgan fingerprint density at radius 3 is 2.80 bits per heavy atom. The van der Waals surface area contributed by atoms with Gasteiger partial charge in [0.15, 0.2) is 0 Å². The molecule has 1 amide bonds. The first-order chi connectivity index (χ1) is 16.8. The summed E-state index contributed by atoms with van der Waals surface area (Å²) in [6, 6.07) is 12.0. The van der Waals surface area contributed by atoms with E-state index in [1.165, 1.54) is 29.5 Å². The zero-order valence-electron chi connectivity index (χ0n) is 19.7. The number of methoxy groups -OCH3 is 1. The summed E-state index contributed by atoms with van der Waals surface area (Å²) in [7, 11) is 1.62. The lowest BCUT2D eigenvalue weighted by molar-refractivity contribution is -0.138. The van der Waals surface area contributed by atoms with E-state index in [4.69, 9.17) is 9.47 Å². The van der Waals surface area contributed by atoms with Crippen molar-refractivity contribution in [2.75, 3.05) is 31.6 Å². The number of cyclic esters (lactones) is 1. The summed E-state index contributed by atoms with van der Waals surface area (Å²) < 4.78 is 50.3. The Labute approximate surface area is 202 Å². The number of fused-ring (bicyclic) bond motifs is 1. The molecule has 6 nitrogen and oxygen atoms in total. The quantitative estimate of drug-likeness (QED) is 0.404. The fourth-order valence-electron chi connectivity index (χ4n) is 4.27. The van der Waals surface area contributed by atoms with Gasteiger partial charge in [-0.2, -0.15) is 13.2 Å². The molecular formula is C26H28F3N3O3. The van der Waals surface area contributed by atoms with Crippen LogP contribution in [0.25, 0.3) is 10.9 Å². The molecule has 186 valence electrons. The number of benzene rings is 2. The van der Waals surface area contributed by atoms with Crippen molar-refractivity contribution in [2.24, 2.45) is 0 Å². The van der Waals surface area contributed by atoms with E-state index in [2.05, 4.69) is 16.4 Å². The number of pyridine rings is 1. The van der Waals surface area contributed by atoms with Gasteiger partial charge in [0, 0.05) is 17.6 Å². The first-order valence-corrected chi connectivity index (χ1v) is 11.5. The highest BCUT2D eigenvalue weighted by Crippen LogP contribution is 2.35. The average molecular weight is 488 g/mol. The van der Waals surface area contributed by atoms with Crippen molar-refractivity contribution in [1.82, 2.24) is 10.3 Å². The van der Waals surface area contributed by atoms with E-state index in [9.17, 15) is 18.0 Å². The van der Waals surface area contributed by atoms with Gasteiger partial charge in [-0.05, 0) is 68.1 Å². The smallest absolute Gasteiger partial charge is 0.416 e. The van der Waals surface area contributed by atoms with E-state index in [0.29, 0.717) is 6.54 Å². The number of halogens is 3. The van der Waals surface area contributed by atoms with Gasteiger partial charge < -0.3 is 14.8 Å². The molecule has 4 rings (SSSR count). The Balaban J connectivity index is 1.24. The number of anilines is 1. The minimum Gasteiger partial charge on any atom is -0.495 e. The Morgan fingerprint density at radius 2 is 2.03 bits per heavy atom. The summed E-state index contributed by atoms with van der Waals surface area (Å²) in [6.45, 7) is 2.78. The van der Waals surface area contributed by atoms with Crippen molar-refractivity contribution in [1.29, 1.82) is 0 Å². The standard InChI is InChI=1S/C26H28F3N3O3/c1-17-9-10-19(12-23(17)26(27,28)29)32-16-21(35-25(32)33)14-30-11-4-3-6-18-7-5-8-24-22(18)13-20(34-2)15-31-24/h5,7-10,12-13,15,21,30H,3-4,6,11,14,16H2,1-2H3. The van der Waals surface area contributed by atoms with Gasteiger partial charge in [-0.3, -0.25) is 9.88 Å². The number of carbonyl (C=O) groups is 1. The number of aromatic nitrogens is 1. The van der Waals surface area contributed by atoms with E-state index in [0.717, 1.165) is 48.5 Å². The van der Waals surface area contributed by atoms with Crippen LogP contribution in [0.5, 0.6) is 5.75 Å². The summed E-state index contributed by atoms with van der Waals surface area (Å²) >= 11 is 0. The number of hydrogen-bond donors (Lipinski definition) is 1.